The molecule has 4 rings (SSSR count). The fourth-order valence-electron chi connectivity index (χ4n) is 3.43. The summed E-state index contributed by atoms with van der Waals surface area (Å²) in [5, 5.41) is 13.5. The maximum absolute atomic E-state index is 11.4. The van der Waals surface area contributed by atoms with E-state index >= 15 is 0 Å². The Labute approximate surface area is 198 Å². The van der Waals surface area contributed by atoms with E-state index in [1.54, 1.807) is 38.1 Å². The smallest absolute Gasteiger partial charge is 0.347 e. The van der Waals surface area contributed by atoms with Crippen LogP contribution < -0.4 is 9.47 Å². The number of rotatable bonds is 10. The largest absolute Gasteiger partial charge is 0.486 e. The van der Waals surface area contributed by atoms with Gasteiger partial charge >= 0.3 is 5.97 Å². The Bertz CT molecular complexity index is 1220. The van der Waals surface area contributed by atoms with Gasteiger partial charge in [0.1, 0.15) is 23.8 Å². The third-order valence-corrected chi connectivity index (χ3v) is 5.73. The molecule has 0 aliphatic heterocycles. The van der Waals surface area contributed by atoms with Crippen LogP contribution in [0.4, 0.5) is 0 Å². The van der Waals surface area contributed by atoms with Crippen molar-refractivity contribution in [2.45, 2.75) is 38.9 Å². The number of benzene rings is 3. The van der Waals surface area contributed by atoms with Gasteiger partial charge in [0.25, 0.3) is 0 Å². The molecule has 1 heterocycles. The summed E-state index contributed by atoms with van der Waals surface area (Å²) in [6, 6.07) is 27.4. The van der Waals surface area contributed by atoms with Crippen LogP contribution in [-0.4, -0.2) is 21.8 Å². The molecular weight excluding hydrogens is 430 g/mol. The molecular formula is C28H27NO5. The number of aliphatic carboxylic acids is 1. The second-order valence-electron chi connectivity index (χ2n) is 8.29. The molecule has 0 aliphatic rings. The van der Waals surface area contributed by atoms with Crippen molar-refractivity contribution >= 4 is 5.97 Å². The van der Waals surface area contributed by atoms with Gasteiger partial charge < -0.3 is 19.1 Å². The van der Waals surface area contributed by atoms with E-state index < -0.39 is 11.6 Å². The van der Waals surface area contributed by atoms with E-state index in [9.17, 15) is 9.90 Å². The van der Waals surface area contributed by atoms with Gasteiger partial charge in [0.15, 0.2) is 5.76 Å². The fourth-order valence-corrected chi connectivity index (χ4v) is 3.43. The van der Waals surface area contributed by atoms with Crippen molar-refractivity contribution < 1.29 is 23.9 Å². The van der Waals surface area contributed by atoms with Gasteiger partial charge in [-0.15, -0.1) is 0 Å². The normalized spacial score (nSPS) is 12.6. The SMILES string of the molecule is CCC(C)(Oc1ccc(OCc2cc(-c3ccc(Cc4ccccc4)cc3)no2)cc1)C(=O)O. The Morgan fingerprint density at radius 1 is 0.941 bits per heavy atom. The van der Waals surface area contributed by atoms with Gasteiger partial charge in [-0.25, -0.2) is 4.79 Å². The van der Waals surface area contributed by atoms with Crippen molar-refractivity contribution in [2.75, 3.05) is 0 Å². The Morgan fingerprint density at radius 2 is 1.59 bits per heavy atom. The van der Waals surface area contributed by atoms with Crippen molar-refractivity contribution in [3.8, 4) is 22.8 Å². The lowest BCUT2D eigenvalue weighted by Gasteiger charge is -2.24. The molecule has 0 amide bonds. The first-order valence-corrected chi connectivity index (χ1v) is 11.2. The van der Waals surface area contributed by atoms with E-state index in [1.165, 1.54) is 11.1 Å². The lowest BCUT2D eigenvalue weighted by atomic mass is 10.0. The second kappa shape index (κ2) is 10.3. The van der Waals surface area contributed by atoms with E-state index in [4.69, 9.17) is 14.0 Å². The van der Waals surface area contributed by atoms with E-state index in [-0.39, 0.29) is 6.61 Å². The third-order valence-electron chi connectivity index (χ3n) is 5.73. The molecule has 1 unspecified atom stereocenters. The molecule has 0 radical (unpaired) electrons. The van der Waals surface area contributed by atoms with Crippen molar-refractivity contribution in [1.82, 2.24) is 5.16 Å². The van der Waals surface area contributed by atoms with Crippen LogP contribution in [-0.2, 0) is 17.8 Å². The number of carboxylic acids is 1. The molecule has 6 nitrogen and oxygen atoms in total. The summed E-state index contributed by atoms with van der Waals surface area (Å²) in [4.78, 5) is 11.4. The minimum Gasteiger partial charge on any atom is -0.486 e. The van der Waals surface area contributed by atoms with Crippen molar-refractivity contribution in [2.24, 2.45) is 0 Å². The fraction of sp³-hybridized carbons (Fsp3) is 0.214. The molecule has 0 spiro atoms. The zero-order chi connectivity index (χ0) is 24.0. The summed E-state index contributed by atoms with van der Waals surface area (Å²) >= 11 is 0. The summed E-state index contributed by atoms with van der Waals surface area (Å²) in [6.07, 6.45) is 1.24. The predicted octanol–water partition coefficient (Wildman–Crippen LogP) is 6.14. The molecule has 0 saturated carbocycles. The minimum atomic E-state index is -1.27. The Balaban J connectivity index is 1.33. The lowest BCUT2D eigenvalue weighted by Crippen LogP contribution is -2.40. The number of hydrogen-bond donors (Lipinski definition) is 1. The molecule has 0 bridgehead atoms. The number of carbonyl (C=O) groups is 1. The first-order valence-electron chi connectivity index (χ1n) is 11.2. The molecule has 6 heteroatoms. The monoisotopic (exact) mass is 457 g/mol. The van der Waals surface area contributed by atoms with Crippen LogP contribution in [0.3, 0.4) is 0 Å². The summed E-state index contributed by atoms with van der Waals surface area (Å²) < 4.78 is 16.9. The number of nitrogens with zero attached hydrogens (tertiary/aromatic N) is 1. The topological polar surface area (TPSA) is 81.8 Å². The van der Waals surface area contributed by atoms with E-state index in [1.807, 2.05) is 36.4 Å². The van der Waals surface area contributed by atoms with Gasteiger partial charge in [-0.1, -0.05) is 66.7 Å². The molecule has 0 aliphatic carbocycles. The number of aromatic nitrogens is 1. The minimum absolute atomic E-state index is 0.223. The van der Waals surface area contributed by atoms with Crippen LogP contribution in [0, 0.1) is 0 Å². The van der Waals surface area contributed by atoms with Crippen LogP contribution in [0.5, 0.6) is 11.5 Å². The predicted molar refractivity (Wildman–Crippen MR) is 129 cm³/mol. The van der Waals surface area contributed by atoms with E-state index in [0.717, 1.165) is 17.7 Å². The Morgan fingerprint density at radius 3 is 2.24 bits per heavy atom. The van der Waals surface area contributed by atoms with Crippen molar-refractivity contribution in [3.05, 3.63) is 102 Å². The van der Waals surface area contributed by atoms with Crippen LogP contribution >= 0.6 is 0 Å². The maximum atomic E-state index is 11.4. The third kappa shape index (κ3) is 5.64. The summed E-state index contributed by atoms with van der Waals surface area (Å²) in [5.74, 6) is 0.691. The highest BCUT2D eigenvalue weighted by Crippen LogP contribution is 2.25. The standard InChI is InChI=1S/C28H27NO5/c1-3-28(2,27(30)31)33-24-15-13-23(14-16-24)32-19-25-18-26(29-34-25)22-11-9-21(10-12-22)17-20-7-5-4-6-8-20/h4-16,18H,3,17,19H2,1-2H3,(H,30,31). The van der Waals surface area contributed by atoms with Gasteiger partial charge in [0.2, 0.25) is 5.60 Å². The molecule has 1 atom stereocenters. The zero-order valence-electron chi connectivity index (χ0n) is 19.2. The quantitative estimate of drug-likeness (QED) is 0.308. The number of carboxylic acid groups (broad SMARTS) is 1. The average molecular weight is 458 g/mol. The van der Waals surface area contributed by atoms with Crippen LogP contribution in [0.1, 0.15) is 37.2 Å². The highest BCUT2D eigenvalue weighted by molar-refractivity contribution is 5.77. The van der Waals surface area contributed by atoms with Crippen molar-refractivity contribution in [3.63, 3.8) is 0 Å². The molecule has 1 aromatic heterocycles. The lowest BCUT2D eigenvalue weighted by molar-refractivity contribution is -0.154. The molecule has 34 heavy (non-hydrogen) atoms. The molecule has 4 aromatic rings. The van der Waals surface area contributed by atoms with Gasteiger partial charge in [0, 0.05) is 11.6 Å². The van der Waals surface area contributed by atoms with Crippen LogP contribution in [0.2, 0.25) is 0 Å². The number of hydrogen-bond acceptors (Lipinski definition) is 5. The molecule has 1 N–H and O–H groups in total. The first kappa shape index (κ1) is 23.1. The summed E-state index contributed by atoms with van der Waals surface area (Å²) in [5.41, 5.74) is 2.97. The Hall–Kier alpha value is -4.06. The van der Waals surface area contributed by atoms with Gasteiger partial charge in [-0.3, -0.25) is 0 Å². The summed E-state index contributed by atoms with van der Waals surface area (Å²) in [6.45, 7) is 3.55. The van der Waals surface area contributed by atoms with Crippen LogP contribution in [0.15, 0.2) is 89.5 Å². The number of ether oxygens (including phenoxy) is 2. The molecule has 0 fully saturated rings. The van der Waals surface area contributed by atoms with Crippen LogP contribution in [0.25, 0.3) is 11.3 Å². The molecule has 0 saturated heterocycles. The average Bonchev–Trinajstić information content (AvgIpc) is 3.33. The Kier molecular flexibility index (Phi) is 6.97. The van der Waals surface area contributed by atoms with E-state index in [0.29, 0.717) is 23.7 Å². The second-order valence-corrected chi connectivity index (χ2v) is 8.29. The first-order chi connectivity index (χ1) is 16.4. The zero-order valence-corrected chi connectivity index (χ0v) is 19.2. The van der Waals surface area contributed by atoms with Gasteiger partial charge in [-0.2, -0.15) is 0 Å². The molecule has 174 valence electrons. The summed E-state index contributed by atoms with van der Waals surface area (Å²) in [7, 11) is 0. The maximum Gasteiger partial charge on any atom is 0.347 e. The molecule has 3 aromatic carbocycles. The van der Waals surface area contributed by atoms with Gasteiger partial charge in [0.05, 0.1) is 0 Å². The highest BCUT2D eigenvalue weighted by Gasteiger charge is 2.33. The van der Waals surface area contributed by atoms with Crippen molar-refractivity contribution in [1.29, 1.82) is 0 Å². The van der Waals surface area contributed by atoms with E-state index in [2.05, 4.69) is 29.4 Å². The highest BCUT2D eigenvalue weighted by atomic mass is 16.5. The van der Waals surface area contributed by atoms with Gasteiger partial charge in [-0.05, 0) is 55.2 Å².